The molecular weight excluding hydrogens is 479 g/mol. The van der Waals surface area contributed by atoms with Crippen molar-refractivity contribution in [3.8, 4) is 5.75 Å². The first-order chi connectivity index (χ1) is 16.8. The lowest BCUT2D eigenvalue weighted by Crippen LogP contribution is -2.36. The molecule has 0 amide bonds. The number of ether oxygens (including phenoxy) is 2. The van der Waals surface area contributed by atoms with E-state index in [1.165, 1.54) is 16.5 Å². The van der Waals surface area contributed by atoms with Crippen LogP contribution in [0.4, 0.5) is 10.1 Å². The van der Waals surface area contributed by atoms with Crippen molar-refractivity contribution in [3.05, 3.63) is 70.0 Å². The molecule has 0 spiro atoms. The smallest absolute Gasteiger partial charge is 0.306 e. The second kappa shape index (κ2) is 9.27. The van der Waals surface area contributed by atoms with Crippen molar-refractivity contribution in [2.45, 2.75) is 12.5 Å². The molecule has 0 bridgehead atoms. The summed E-state index contributed by atoms with van der Waals surface area (Å²) in [4.78, 5) is 24.4. The van der Waals surface area contributed by atoms with Crippen molar-refractivity contribution < 1.29 is 26.5 Å². The number of halogens is 1. The third-order valence-corrected chi connectivity index (χ3v) is 6.15. The Hall–Kier alpha value is -3.51. The highest BCUT2D eigenvalue weighted by atomic mass is 32.2. The van der Waals surface area contributed by atoms with Gasteiger partial charge in [0.2, 0.25) is 11.6 Å². The van der Waals surface area contributed by atoms with Gasteiger partial charge in [0.1, 0.15) is 18.1 Å². The molecule has 0 N–H and O–H groups in total. The van der Waals surface area contributed by atoms with Crippen LogP contribution in [0.25, 0.3) is 5.65 Å². The van der Waals surface area contributed by atoms with Crippen molar-refractivity contribution in [2.75, 3.05) is 44.1 Å². The van der Waals surface area contributed by atoms with Crippen LogP contribution in [0.5, 0.6) is 5.75 Å². The van der Waals surface area contributed by atoms with Crippen LogP contribution in [0, 0.1) is 5.82 Å². The van der Waals surface area contributed by atoms with E-state index < -0.39 is 21.4 Å². The number of hydrogen-bond acceptors (Lipinski definition) is 9. The Morgan fingerprint density at radius 1 is 1.14 bits per heavy atom. The molecule has 1 unspecified atom stereocenters. The number of rotatable bonds is 6. The molecule has 1 atom stereocenters. The predicted octanol–water partition coefficient (Wildman–Crippen LogP) is 1.40. The van der Waals surface area contributed by atoms with Crippen molar-refractivity contribution in [1.29, 1.82) is 0 Å². The van der Waals surface area contributed by atoms with Crippen LogP contribution in [-0.4, -0.2) is 68.9 Å². The summed E-state index contributed by atoms with van der Waals surface area (Å²) in [5.41, 5.74) is 1.15. The van der Waals surface area contributed by atoms with Gasteiger partial charge < -0.3 is 18.6 Å². The normalized spacial score (nSPS) is 18.4. The minimum atomic E-state index is -4.04. The Morgan fingerprint density at radius 3 is 2.60 bits per heavy atom. The first kappa shape index (κ1) is 23.2. The molecule has 1 aromatic carbocycles. The standard InChI is InChI=1S/C23H23FN4O6S/c1-35(30,31)34-21-20(22-25-17(14-33-22)12-15-2-4-16(24)5-3-15)26-19-7-6-18(13-28(19)23(21)29)27-8-10-32-11-9-27/h2-7,13,17H,8-12,14H2,1H3. The number of morpholine rings is 1. The SMILES string of the molecule is CS(=O)(=O)Oc1c(C2=NC(Cc3ccc(F)cc3)CO2)nc2ccc(N3CCOCC3)cn2c1=O. The highest BCUT2D eigenvalue weighted by Gasteiger charge is 2.29. The van der Waals surface area contributed by atoms with Gasteiger partial charge in [0.05, 0.1) is 31.2 Å². The van der Waals surface area contributed by atoms with Crippen molar-refractivity contribution in [3.63, 3.8) is 0 Å². The van der Waals surface area contributed by atoms with Gasteiger partial charge in [-0.15, -0.1) is 0 Å². The van der Waals surface area contributed by atoms with Gasteiger partial charge in [-0.1, -0.05) is 12.1 Å². The minimum absolute atomic E-state index is 0.0209. The van der Waals surface area contributed by atoms with E-state index in [9.17, 15) is 17.6 Å². The Balaban J connectivity index is 1.54. The largest absolute Gasteiger partial charge is 0.474 e. The number of aromatic nitrogens is 2. The van der Waals surface area contributed by atoms with E-state index in [1.807, 2.05) is 6.07 Å². The van der Waals surface area contributed by atoms with Gasteiger partial charge in [-0.3, -0.25) is 9.20 Å². The number of aliphatic imine (C=N–C) groups is 1. The summed E-state index contributed by atoms with van der Waals surface area (Å²) in [6, 6.07) is 9.25. The van der Waals surface area contributed by atoms with Gasteiger partial charge in [0.15, 0.2) is 5.69 Å². The molecule has 3 aromatic rings. The Labute approximate surface area is 200 Å². The zero-order chi connectivity index (χ0) is 24.6. The second-order valence-corrected chi connectivity index (χ2v) is 9.90. The molecule has 35 heavy (non-hydrogen) atoms. The fourth-order valence-corrected chi connectivity index (χ4v) is 4.49. The summed E-state index contributed by atoms with van der Waals surface area (Å²) < 4.78 is 54.5. The first-order valence-corrected chi connectivity index (χ1v) is 12.8. The third-order valence-electron chi connectivity index (χ3n) is 5.68. The summed E-state index contributed by atoms with van der Waals surface area (Å²) in [5.74, 6) is -0.793. The van der Waals surface area contributed by atoms with Crippen LogP contribution in [0.1, 0.15) is 11.3 Å². The maximum absolute atomic E-state index is 13.4. The lowest BCUT2D eigenvalue weighted by molar-refractivity contribution is 0.122. The summed E-state index contributed by atoms with van der Waals surface area (Å²) in [5, 5.41) is 0. The molecule has 1 fully saturated rings. The van der Waals surface area contributed by atoms with E-state index in [0.717, 1.165) is 17.5 Å². The molecule has 10 nitrogen and oxygen atoms in total. The maximum atomic E-state index is 13.4. The van der Waals surface area contributed by atoms with Gasteiger partial charge in [0, 0.05) is 19.3 Å². The Bertz CT molecular complexity index is 1450. The number of benzene rings is 1. The average molecular weight is 503 g/mol. The van der Waals surface area contributed by atoms with E-state index in [0.29, 0.717) is 32.7 Å². The molecule has 0 aliphatic carbocycles. The van der Waals surface area contributed by atoms with E-state index in [-0.39, 0.29) is 35.7 Å². The molecule has 0 saturated carbocycles. The number of pyridine rings is 1. The fraction of sp³-hybridized carbons (Fsp3) is 0.348. The number of fused-ring (bicyclic) bond motifs is 1. The van der Waals surface area contributed by atoms with Crippen molar-refractivity contribution >= 4 is 27.4 Å². The predicted molar refractivity (Wildman–Crippen MR) is 126 cm³/mol. The number of anilines is 1. The summed E-state index contributed by atoms with van der Waals surface area (Å²) in [6.07, 6.45) is 2.93. The molecule has 1 saturated heterocycles. The molecule has 0 radical (unpaired) electrons. The zero-order valence-corrected chi connectivity index (χ0v) is 19.7. The van der Waals surface area contributed by atoms with Gasteiger partial charge in [0.25, 0.3) is 0 Å². The molecule has 2 aliphatic rings. The molecule has 2 aromatic heterocycles. The molecule has 2 aliphatic heterocycles. The summed E-state index contributed by atoms with van der Waals surface area (Å²) in [6.45, 7) is 2.67. The quantitative estimate of drug-likeness (QED) is 0.465. The Morgan fingerprint density at radius 2 is 1.89 bits per heavy atom. The van der Waals surface area contributed by atoms with Crippen molar-refractivity contribution in [1.82, 2.24) is 9.38 Å². The van der Waals surface area contributed by atoms with E-state index in [4.69, 9.17) is 13.7 Å². The van der Waals surface area contributed by atoms with E-state index >= 15 is 0 Å². The Kier molecular flexibility index (Phi) is 6.15. The van der Waals surface area contributed by atoms with E-state index in [1.54, 1.807) is 24.4 Å². The molecule has 184 valence electrons. The summed E-state index contributed by atoms with van der Waals surface area (Å²) in [7, 11) is -4.04. The minimum Gasteiger partial charge on any atom is -0.474 e. The van der Waals surface area contributed by atoms with Gasteiger partial charge >= 0.3 is 15.7 Å². The summed E-state index contributed by atoms with van der Waals surface area (Å²) >= 11 is 0. The molecule has 5 rings (SSSR count). The highest BCUT2D eigenvalue weighted by Crippen LogP contribution is 2.23. The number of nitrogens with zero attached hydrogens (tertiary/aromatic N) is 4. The highest BCUT2D eigenvalue weighted by molar-refractivity contribution is 7.86. The average Bonchev–Trinajstić information content (AvgIpc) is 3.30. The fourth-order valence-electron chi connectivity index (χ4n) is 4.03. The first-order valence-electron chi connectivity index (χ1n) is 11.0. The van der Waals surface area contributed by atoms with Crippen LogP contribution in [-0.2, 0) is 26.0 Å². The van der Waals surface area contributed by atoms with E-state index in [2.05, 4.69) is 14.9 Å². The van der Waals surface area contributed by atoms with Gasteiger partial charge in [-0.05, 0) is 36.2 Å². The van der Waals surface area contributed by atoms with Crippen molar-refractivity contribution in [2.24, 2.45) is 4.99 Å². The second-order valence-electron chi connectivity index (χ2n) is 8.33. The van der Waals surface area contributed by atoms with Crippen LogP contribution >= 0.6 is 0 Å². The molecule has 12 heteroatoms. The zero-order valence-electron chi connectivity index (χ0n) is 18.9. The lowest BCUT2D eigenvalue weighted by atomic mass is 10.1. The van der Waals surface area contributed by atoms with Gasteiger partial charge in [-0.25, -0.2) is 14.4 Å². The van der Waals surface area contributed by atoms with Crippen LogP contribution in [0.15, 0.2) is 52.4 Å². The topological polar surface area (TPSA) is 112 Å². The molecular formula is C23H23FN4O6S. The van der Waals surface area contributed by atoms with Crippen LogP contribution in [0.2, 0.25) is 0 Å². The monoisotopic (exact) mass is 502 g/mol. The third kappa shape index (κ3) is 5.13. The molecule has 4 heterocycles. The van der Waals surface area contributed by atoms with Crippen LogP contribution in [0.3, 0.4) is 0 Å². The van der Waals surface area contributed by atoms with Gasteiger partial charge in [-0.2, -0.15) is 8.42 Å². The number of hydrogen-bond donors (Lipinski definition) is 0. The lowest BCUT2D eigenvalue weighted by Gasteiger charge is -2.28. The van der Waals surface area contributed by atoms with Crippen LogP contribution < -0.4 is 14.6 Å². The maximum Gasteiger partial charge on any atom is 0.306 e.